The summed E-state index contributed by atoms with van der Waals surface area (Å²) in [5, 5.41) is 11.4. The summed E-state index contributed by atoms with van der Waals surface area (Å²) in [5.41, 5.74) is 6.10. The maximum absolute atomic E-state index is 12.3. The minimum atomic E-state index is -3.48. The number of nitrogens with two attached hydrogens (primary N) is 1. The standard InChI is InChI=1S/C12H19N3O3S/c1-2-8-15(9-12(13)14-16)19(17,18)10-11-6-4-3-5-7-11/h3-7,16H,2,8-10H2,1H3,(H2,13,14). The first-order valence-electron chi connectivity index (χ1n) is 5.97. The molecule has 0 radical (unpaired) electrons. The molecule has 1 aromatic rings. The van der Waals surface area contributed by atoms with E-state index in [0.717, 1.165) is 0 Å². The zero-order chi connectivity index (χ0) is 14.3. The van der Waals surface area contributed by atoms with Gasteiger partial charge in [0.2, 0.25) is 10.0 Å². The van der Waals surface area contributed by atoms with Crippen LogP contribution in [0.25, 0.3) is 0 Å². The van der Waals surface area contributed by atoms with Crippen LogP contribution < -0.4 is 5.73 Å². The van der Waals surface area contributed by atoms with E-state index < -0.39 is 10.0 Å². The summed E-state index contributed by atoms with van der Waals surface area (Å²) in [6, 6.07) is 8.92. The second kappa shape index (κ2) is 7.10. The maximum atomic E-state index is 12.3. The number of hydrogen-bond donors (Lipinski definition) is 2. The van der Waals surface area contributed by atoms with Gasteiger partial charge in [-0.2, -0.15) is 4.31 Å². The molecule has 19 heavy (non-hydrogen) atoms. The molecule has 0 aliphatic carbocycles. The van der Waals surface area contributed by atoms with E-state index in [0.29, 0.717) is 18.5 Å². The fraction of sp³-hybridized carbons (Fsp3) is 0.417. The van der Waals surface area contributed by atoms with Crippen molar-refractivity contribution in [1.82, 2.24) is 4.31 Å². The number of amidine groups is 1. The van der Waals surface area contributed by atoms with E-state index >= 15 is 0 Å². The molecule has 106 valence electrons. The van der Waals surface area contributed by atoms with Crippen LogP contribution in [0.3, 0.4) is 0 Å². The molecule has 1 aromatic carbocycles. The predicted molar refractivity (Wildman–Crippen MR) is 74.3 cm³/mol. The number of hydrogen-bond acceptors (Lipinski definition) is 4. The van der Waals surface area contributed by atoms with Gasteiger partial charge in [-0.1, -0.05) is 42.4 Å². The lowest BCUT2D eigenvalue weighted by Crippen LogP contribution is -2.39. The quantitative estimate of drug-likeness (QED) is 0.338. The van der Waals surface area contributed by atoms with Gasteiger partial charge in [-0.3, -0.25) is 0 Å². The Morgan fingerprint density at radius 2 is 2.00 bits per heavy atom. The average molecular weight is 285 g/mol. The third kappa shape index (κ3) is 4.88. The number of nitrogens with zero attached hydrogens (tertiary/aromatic N) is 2. The lowest BCUT2D eigenvalue weighted by Gasteiger charge is -2.20. The van der Waals surface area contributed by atoms with Crippen LogP contribution in [-0.2, 0) is 15.8 Å². The van der Waals surface area contributed by atoms with Crippen LogP contribution in [0.1, 0.15) is 18.9 Å². The van der Waals surface area contributed by atoms with Crippen LogP contribution in [0, 0.1) is 0 Å². The Labute approximate surface area is 113 Å². The van der Waals surface area contributed by atoms with Gasteiger partial charge >= 0.3 is 0 Å². The molecule has 0 saturated heterocycles. The van der Waals surface area contributed by atoms with E-state index in [-0.39, 0.29) is 18.1 Å². The van der Waals surface area contributed by atoms with Crippen LogP contribution in [0.4, 0.5) is 0 Å². The molecular formula is C12H19N3O3S. The van der Waals surface area contributed by atoms with Gasteiger partial charge in [-0.05, 0) is 12.0 Å². The Kier molecular flexibility index (Phi) is 5.78. The third-order valence-electron chi connectivity index (χ3n) is 2.53. The van der Waals surface area contributed by atoms with Gasteiger partial charge in [0.15, 0.2) is 5.84 Å². The lowest BCUT2D eigenvalue weighted by molar-refractivity contribution is 0.314. The molecule has 3 N–H and O–H groups in total. The Morgan fingerprint density at radius 1 is 1.37 bits per heavy atom. The van der Waals surface area contributed by atoms with Gasteiger partial charge in [-0.15, -0.1) is 0 Å². The normalized spacial score (nSPS) is 12.8. The van der Waals surface area contributed by atoms with E-state index in [4.69, 9.17) is 10.9 Å². The van der Waals surface area contributed by atoms with Crippen molar-refractivity contribution in [3.05, 3.63) is 35.9 Å². The number of oxime groups is 1. The summed E-state index contributed by atoms with van der Waals surface area (Å²) in [4.78, 5) is 0. The maximum Gasteiger partial charge on any atom is 0.218 e. The zero-order valence-electron chi connectivity index (χ0n) is 10.9. The van der Waals surface area contributed by atoms with E-state index in [1.54, 1.807) is 24.3 Å². The highest BCUT2D eigenvalue weighted by molar-refractivity contribution is 7.88. The molecule has 1 rings (SSSR count). The van der Waals surface area contributed by atoms with Crippen LogP contribution in [0.2, 0.25) is 0 Å². The van der Waals surface area contributed by atoms with Crippen molar-refractivity contribution in [1.29, 1.82) is 0 Å². The van der Waals surface area contributed by atoms with Crippen LogP contribution >= 0.6 is 0 Å². The van der Waals surface area contributed by atoms with Crippen molar-refractivity contribution < 1.29 is 13.6 Å². The molecule has 7 heteroatoms. The Hall–Kier alpha value is -1.60. The predicted octanol–water partition coefficient (Wildman–Crippen LogP) is 0.975. The number of sulfonamides is 1. The summed E-state index contributed by atoms with van der Waals surface area (Å²) < 4.78 is 25.8. The molecule has 0 aromatic heterocycles. The highest BCUT2D eigenvalue weighted by atomic mass is 32.2. The smallest absolute Gasteiger partial charge is 0.218 e. The summed E-state index contributed by atoms with van der Waals surface area (Å²) >= 11 is 0. The Morgan fingerprint density at radius 3 is 2.53 bits per heavy atom. The molecule has 0 atom stereocenters. The van der Waals surface area contributed by atoms with Crippen molar-refractivity contribution in [2.75, 3.05) is 13.1 Å². The van der Waals surface area contributed by atoms with E-state index in [1.165, 1.54) is 4.31 Å². The summed E-state index contributed by atoms with van der Waals surface area (Å²) in [5.74, 6) is -0.211. The summed E-state index contributed by atoms with van der Waals surface area (Å²) in [6.45, 7) is 2.11. The molecule has 0 amide bonds. The molecule has 0 saturated carbocycles. The minimum absolute atomic E-state index is 0.0907. The van der Waals surface area contributed by atoms with Gasteiger partial charge < -0.3 is 10.9 Å². The van der Waals surface area contributed by atoms with Gasteiger partial charge in [0, 0.05) is 6.54 Å². The molecule has 0 bridgehead atoms. The van der Waals surface area contributed by atoms with Gasteiger partial charge in [0.05, 0.1) is 12.3 Å². The lowest BCUT2D eigenvalue weighted by atomic mass is 10.2. The molecular weight excluding hydrogens is 266 g/mol. The molecule has 0 fully saturated rings. The van der Waals surface area contributed by atoms with E-state index in [9.17, 15) is 8.42 Å². The fourth-order valence-electron chi connectivity index (χ4n) is 1.65. The summed E-state index contributed by atoms with van der Waals surface area (Å²) in [6.07, 6.45) is 0.659. The summed E-state index contributed by atoms with van der Waals surface area (Å²) in [7, 11) is -3.48. The largest absolute Gasteiger partial charge is 0.409 e. The first-order chi connectivity index (χ1) is 8.99. The van der Waals surface area contributed by atoms with Crippen molar-refractivity contribution in [3.63, 3.8) is 0 Å². The highest BCUT2D eigenvalue weighted by Gasteiger charge is 2.22. The second-order valence-electron chi connectivity index (χ2n) is 4.17. The van der Waals surface area contributed by atoms with Crippen molar-refractivity contribution >= 4 is 15.9 Å². The average Bonchev–Trinajstić information content (AvgIpc) is 2.38. The van der Waals surface area contributed by atoms with Crippen LogP contribution in [0.5, 0.6) is 0 Å². The third-order valence-corrected chi connectivity index (χ3v) is 4.32. The molecule has 0 heterocycles. The Bertz CT molecular complexity index is 514. The van der Waals surface area contributed by atoms with E-state index in [2.05, 4.69) is 5.16 Å². The van der Waals surface area contributed by atoms with Crippen molar-refractivity contribution in [3.8, 4) is 0 Å². The minimum Gasteiger partial charge on any atom is -0.409 e. The first-order valence-corrected chi connectivity index (χ1v) is 7.58. The van der Waals surface area contributed by atoms with Crippen molar-refractivity contribution in [2.45, 2.75) is 19.1 Å². The molecule has 0 spiro atoms. The monoisotopic (exact) mass is 285 g/mol. The number of rotatable bonds is 7. The second-order valence-corrected chi connectivity index (χ2v) is 6.14. The van der Waals surface area contributed by atoms with Gasteiger partial charge in [-0.25, -0.2) is 8.42 Å². The first kappa shape index (κ1) is 15.5. The SMILES string of the molecule is CCCN(CC(N)=NO)S(=O)(=O)Cc1ccccc1. The topological polar surface area (TPSA) is 96.0 Å². The molecule has 0 aliphatic heterocycles. The highest BCUT2D eigenvalue weighted by Crippen LogP contribution is 2.11. The van der Waals surface area contributed by atoms with Crippen molar-refractivity contribution in [2.24, 2.45) is 10.9 Å². The molecule has 6 nitrogen and oxygen atoms in total. The van der Waals surface area contributed by atoms with Crippen LogP contribution in [-0.4, -0.2) is 36.9 Å². The van der Waals surface area contributed by atoms with Crippen LogP contribution in [0.15, 0.2) is 35.5 Å². The van der Waals surface area contributed by atoms with E-state index in [1.807, 2.05) is 13.0 Å². The molecule has 0 unspecified atom stereocenters. The zero-order valence-corrected chi connectivity index (χ0v) is 11.7. The Balaban J connectivity index is 2.87. The fourth-order valence-corrected chi connectivity index (χ4v) is 3.24. The number of benzene rings is 1. The van der Waals surface area contributed by atoms with Gasteiger partial charge in [0.1, 0.15) is 0 Å². The van der Waals surface area contributed by atoms with Gasteiger partial charge in [0.25, 0.3) is 0 Å². The molecule has 0 aliphatic rings.